The number of ether oxygens (including phenoxy) is 2. The van der Waals surface area contributed by atoms with Gasteiger partial charge in [-0.3, -0.25) is 9.69 Å². The number of carbonyl (C=O) groups excluding carboxylic acids is 2. The van der Waals surface area contributed by atoms with Crippen LogP contribution in [0.1, 0.15) is 38.3 Å². The van der Waals surface area contributed by atoms with E-state index in [1.165, 1.54) is 0 Å². The smallest absolute Gasteiger partial charge is 0.407 e. The molecule has 2 aliphatic heterocycles. The van der Waals surface area contributed by atoms with Gasteiger partial charge < -0.3 is 14.8 Å². The van der Waals surface area contributed by atoms with Crippen LogP contribution in [0.2, 0.25) is 5.02 Å². The SMILES string of the molecule is CC(C)OC(=O)NC1CCC(=O)N2c3cc(Cl)ccc3Oc3cc(Br)ccc3C12. The standard InChI is InChI=1S/C21H20BrClN2O4/c1-11(2)28-21(27)24-15-6-8-19(26)25-16-10-13(23)4-7-17(16)29-18-9-12(22)3-5-14(18)20(15)25/h3-5,7,9-11,15,20H,6,8H2,1-2H3,(H,24,27). The maximum atomic E-state index is 13.0. The molecule has 152 valence electrons. The molecule has 1 N–H and O–H groups in total. The fourth-order valence-electron chi connectivity index (χ4n) is 3.81. The molecule has 1 fully saturated rings. The number of hydrogen-bond acceptors (Lipinski definition) is 4. The number of carbonyl (C=O) groups is 2. The first-order chi connectivity index (χ1) is 13.8. The van der Waals surface area contributed by atoms with Gasteiger partial charge in [-0.1, -0.05) is 33.6 Å². The van der Waals surface area contributed by atoms with Crippen molar-refractivity contribution in [1.82, 2.24) is 5.32 Å². The van der Waals surface area contributed by atoms with Crippen molar-refractivity contribution >= 4 is 45.2 Å². The van der Waals surface area contributed by atoms with E-state index >= 15 is 0 Å². The number of amides is 2. The lowest BCUT2D eigenvalue weighted by atomic mass is 9.89. The van der Waals surface area contributed by atoms with Gasteiger partial charge in [-0.25, -0.2) is 4.79 Å². The van der Waals surface area contributed by atoms with Crippen LogP contribution in [0, 0.1) is 0 Å². The summed E-state index contributed by atoms with van der Waals surface area (Å²) in [6.07, 6.45) is 0.0468. The van der Waals surface area contributed by atoms with E-state index in [4.69, 9.17) is 21.1 Å². The van der Waals surface area contributed by atoms with Gasteiger partial charge in [-0.05, 0) is 50.6 Å². The summed E-state index contributed by atoms with van der Waals surface area (Å²) in [5.74, 6) is 1.11. The Balaban J connectivity index is 1.84. The number of halogens is 2. The number of rotatable bonds is 2. The minimum Gasteiger partial charge on any atom is -0.455 e. The van der Waals surface area contributed by atoms with Crippen LogP contribution in [0.3, 0.4) is 0 Å². The zero-order valence-electron chi connectivity index (χ0n) is 15.9. The first kappa shape index (κ1) is 20.0. The number of alkyl carbamates (subject to hydrolysis) is 1. The van der Waals surface area contributed by atoms with Crippen LogP contribution in [0.5, 0.6) is 11.5 Å². The van der Waals surface area contributed by atoms with Crippen LogP contribution in [-0.4, -0.2) is 24.1 Å². The molecule has 0 saturated carbocycles. The molecule has 29 heavy (non-hydrogen) atoms. The predicted octanol–water partition coefficient (Wildman–Crippen LogP) is 5.58. The molecule has 6 nitrogen and oxygen atoms in total. The summed E-state index contributed by atoms with van der Waals surface area (Å²) in [6, 6.07) is 10.1. The van der Waals surface area contributed by atoms with Crippen molar-refractivity contribution in [3.8, 4) is 11.5 Å². The summed E-state index contributed by atoms with van der Waals surface area (Å²) in [6.45, 7) is 3.59. The third-order valence-electron chi connectivity index (χ3n) is 4.94. The third kappa shape index (κ3) is 3.94. The maximum Gasteiger partial charge on any atom is 0.407 e. The summed E-state index contributed by atoms with van der Waals surface area (Å²) in [7, 11) is 0. The molecule has 4 rings (SSSR count). The normalized spacial score (nSPS) is 20.2. The number of hydrogen-bond donors (Lipinski definition) is 1. The van der Waals surface area contributed by atoms with Crippen molar-refractivity contribution in [2.24, 2.45) is 0 Å². The Morgan fingerprint density at radius 3 is 2.83 bits per heavy atom. The summed E-state index contributed by atoms with van der Waals surface area (Å²) in [5, 5.41) is 3.44. The fraction of sp³-hybridized carbons (Fsp3) is 0.333. The number of benzene rings is 2. The molecule has 1 saturated heterocycles. The van der Waals surface area contributed by atoms with E-state index in [0.29, 0.717) is 35.1 Å². The van der Waals surface area contributed by atoms with Gasteiger partial charge in [0, 0.05) is 21.5 Å². The molecule has 2 aromatic carbocycles. The maximum absolute atomic E-state index is 13.0. The number of fused-ring (bicyclic) bond motifs is 5. The second kappa shape index (κ2) is 7.88. The second-order valence-corrected chi connectivity index (χ2v) is 8.70. The highest BCUT2D eigenvalue weighted by Gasteiger charge is 2.43. The molecule has 2 unspecified atom stereocenters. The number of nitrogens with one attached hydrogen (secondary N) is 1. The average molecular weight is 480 g/mol. The highest BCUT2D eigenvalue weighted by atomic mass is 79.9. The van der Waals surface area contributed by atoms with Gasteiger partial charge in [-0.2, -0.15) is 0 Å². The lowest BCUT2D eigenvalue weighted by Crippen LogP contribution is -2.52. The van der Waals surface area contributed by atoms with E-state index in [1.807, 2.05) is 18.2 Å². The van der Waals surface area contributed by atoms with Crippen LogP contribution in [0.25, 0.3) is 0 Å². The third-order valence-corrected chi connectivity index (χ3v) is 5.67. The van der Waals surface area contributed by atoms with E-state index in [9.17, 15) is 9.59 Å². The zero-order chi connectivity index (χ0) is 20.7. The van der Waals surface area contributed by atoms with E-state index in [0.717, 1.165) is 10.0 Å². The molecule has 2 amide bonds. The topological polar surface area (TPSA) is 67.9 Å². The number of piperidine rings is 1. The van der Waals surface area contributed by atoms with Crippen molar-refractivity contribution in [3.63, 3.8) is 0 Å². The lowest BCUT2D eigenvalue weighted by molar-refractivity contribution is -0.120. The van der Waals surface area contributed by atoms with Crippen LogP contribution in [0.15, 0.2) is 40.9 Å². The second-order valence-electron chi connectivity index (χ2n) is 7.35. The van der Waals surface area contributed by atoms with Gasteiger partial charge in [0.2, 0.25) is 5.91 Å². The molecular formula is C21H20BrClN2O4. The molecule has 8 heteroatoms. The summed E-state index contributed by atoms with van der Waals surface area (Å²) in [4.78, 5) is 27.0. The van der Waals surface area contributed by atoms with Gasteiger partial charge in [-0.15, -0.1) is 0 Å². The molecule has 0 aromatic heterocycles. The van der Waals surface area contributed by atoms with Crippen LogP contribution >= 0.6 is 27.5 Å². The minimum atomic E-state index is -0.505. The van der Waals surface area contributed by atoms with Crippen molar-refractivity contribution in [1.29, 1.82) is 0 Å². The molecule has 2 aliphatic rings. The molecule has 0 bridgehead atoms. The van der Waals surface area contributed by atoms with Gasteiger partial charge in [0.25, 0.3) is 0 Å². The Kier molecular flexibility index (Phi) is 5.44. The average Bonchev–Trinajstić information content (AvgIpc) is 2.78. The van der Waals surface area contributed by atoms with E-state index in [-0.39, 0.29) is 18.1 Å². The highest BCUT2D eigenvalue weighted by Crippen LogP contribution is 2.49. The first-order valence-electron chi connectivity index (χ1n) is 9.39. The summed E-state index contributed by atoms with van der Waals surface area (Å²) in [5.41, 5.74) is 1.40. The van der Waals surface area contributed by atoms with Crippen LogP contribution in [-0.2, 0) is 9.53 Å². The van der Waals surface area contributed by atoms with E-state index in [1.54, 1.807) is 36.9 Å². The number of anilines is 1. The Hall–Kier alpha value is -2.25. The van der Waals surface area contributed by atoms with Gasteiger partial charge in [0.1, 0.15) is 5.75 Å². The summed E-state index contributed by atoms with van der Waals surface area (Å²) >= 11 is 9.71. The van der Waals surface area contributed by atoms with Crippen molar-refractivity contribution in [2.45, 2.75) is 44.9 Å². The van der Waals surface area contributed by atoms with Crippen LogP contribution in [0.4, 0.5) is 10.5 Å². The highest BCUT2D eigenvalue weighted by molar-refractivity contribution is 9.10. The Bertz CT molecular complexity index is 981. The zero-order valence-corrected chi connectivity index (χ0v) is 18.3. The molecule has 0 radical (unpaired) electrons. The van der Waals surface area contributed by atoms with Gasteiger partial charge >= 0.3 is 6.09 Å². The van der Waals surface area contributed by atoms with Crippen LogP contribution < -0.4 is 15.0 Å². The monoisotopic (exact) mass is 478 g/mol. The first-order valence-corrected chi connectivity index (χ1v) is 10.6. The molecule has 0 spiro atoms. The van der Waals surface area contributed by atoms with Gasteiger partial charge in [0.15, 0.2) is 5.75 Å². The number of nitrogens with zero attached hydrogens (tertiary/aromatic N) is 1. The summed E-state index contributed by atoms with van der Waals surface area (Å²) < 4.78 is 12.3. The quantitative estimate of drug-likeness (QED) is 0.610. The molecule has 0 aliphatic carbocycles. The largest absolute Gasteiger partial charge is 0.455 e. The van der Waals surface area contributed by atoms with Crippen molar-refractivity contribution < 1.29 is 19.1 Å². The van der Waals surface area contributed by atoms with Crippen molar-refractivity contribution in [3.05, 3.63) is 51.5 Å². The minimum absolute atomic E-state index is 0.0480. The van der Waals surface area contributed by atoms with E-state index in [2.05, 4.69) is 21.2 Å². The molecule has 2 heterocycles. The molecular weight excluding hydrogens is 460 g/mol. The Morgan fingerprint density at radius 2 is 2.07 bits per heavy atom. The van der Waals surface area contributed by atoms with E-state index < -0.39 is 12.1 Å². The predicted molar refractivity (Wildman–Crippen MR) is 114 cm³/mol. The Morgan fingerprint density at radius 1 is 1.28 bits per heavy atom. The Labute approximate surface area is 182 Å². The lowest BCUT2D eigenvalue weighted by Gasteiger charge is -2.40. The van der Waals surface area contributed by atoms with Crippen molar-refractivity contribution in [2.75, 3.05) is 4.90 Å². The molecule has 2 atom stereocenters. The fourth-order valence-corrected chi connectivity index (χ4v) is 4.31. The van der Waals surface area contributed by atoms with Gasteiger partial charge in [0.05, 0.1) is 23.9 Å². The molecule has 2 aromatic rings.